The summed E-state index contributed by atoms with van der Waals surface area (Å²) in [6.45, 7) is -0.287. The van der Waals surface area contributed by atoms with Gasteiger partial charge in [0.2, 0.25) is 27.8 Å². The Bertz CT molecular complexity index is 1560. The lowest BCUT2D eigenvalue weighted by Crippen LogP contribution is -2.42. The SMILES string of the molecule is CC(=O)Nc1cccc(S(=O)(=O)N2CCC(Nc3nc(Nc4cccc(C(F)(F)F)c4)nc(OCC(F)(F)F)n3)CC2)c1. The highest BCUT2D eigenvalue weighted by Gasteiger charge is 2.32. The summed E-state index contributed by atoms with van der Waals surface area (Å²) in [6.07, 6.45) is -8.84. The zero-order valence-electron chi connectivity index (χ0n) is 22.3. The first-order valence-corrected chi connectivity index (χ1v) is 14.1. The van der Waals surface area contributed by atoms with E-state index < -0.39 is 46.6 Å². The molecule has 1 aromatic heterocycles. The molecule has 0 aliphatic carbocycles. The van der Waals surface area contributed by atoms with E-state index in [9.17, 15) is 39.6 Å². The molecular formula is C25H25F6N7O4S. The molecule has 1 aliphatic rings. The summed E-state index contributed by atoms with van der Waals surface area (Å²) in [5, 5.41) is 7.95. The van der Waals surface area contributed by atoms with Gasteiger partial charge in [-0.1, -0.05) is 12.1 Å². The number of hydrogen-bond acceptors (Lipinski definition) is 9. The Morgan fingerprint density at radius 3 is 2.26 bits per heavy atom. The van der Waals surface area contributed by atoms with Gasteiger partial charge >= 0.3 is 18.4 Å². The van der Waals surface area contributed by atoms with E-state index in [1.165, 1.54) is 35.5 Å². The third kappa shape index (κ3) is 8.90. The van der Waals surface area contributed by atoms with Crippen molar-refractivity contribution in [1.29, 1.82) is 0 Å². The summed E-state index contributed by atoms with van der Waals surface area (Å²) in [5.74, 6) is -0.973. The minimum atomic E-state index is -4.71. The van der Waals surface area contributed by atoms with Crippen LogP contribution in [0.2, 0.25) is 0 Å². The molecule has 1 fully saturated rings. The fraction of sp³-hybridized carbons (Fsp3) is 0.360. The zero-order valence-corrected chi connectivity index (χ0v) is 23.1. The molecule has 43 heavy (non-hydrogen) atoms. The van der Waals surface area contributed by atoms with Crippen molar-refractivity contribution in [3.05, 3.63) is 54.1 Å². The number of alkyl halides is 6. The van der Waals surface area contributed by atoms with Crippen LogP contribution < -0.4 is 20.7 Å². The molecule has 2 heterocycles. The van der Waals surface area contributed by atoms with Crippen molar-refractivity contribution in [2.24, 2.45) is 0 Å². The van der Waals surface area contributed by atoms with Gasteiger partial charge in [0.25, 0.3) is 0 Å². The van der Waals surface area contributed by atoms with E-state index in [4.69, 9.17) is 0 Å². The van der Waals surface area contributed by atoms with Crippen LogP contribution >= 0.6 is 0 Å². The monoisotopic (exact) mass is 633 g/mol. The molecule has 0 bridgehead atoms. The molecule has 2 aromatic carbocycles. The maximum atomic E-state index is 13.2. The number of halogens is 6. The van der Waals surface area contributed by atoms with Gasteiger partial charge in [0.05, 0.1) is 10.5 Å². The van der Waals surface area contributed by atoms with Crippen LogP contribution in [0.3, 0.4) is 0 Å². The number of nitrogens with zero attached hydrogens (tertiary/aromatic N) is 4. The standard InChI is InChI=1S/C25H25F6N7O4S/c1-15(39)32-19-6-3-7-20(13-19)43(40,41)38-10-8-17(9-11-38)33-21-35-22(37-23(36-21)42-14-24(26,27)28)34-18-5-2-4-16(12-18)25(29,30)31/h2-7,12-13,17H,8-11,14H2,1H3,(H,32,39)(H2,33,34,35,36,37). The topological polar surface area (TPSA) is 138 Å². The van der Waals surface area contributed by atoms with Crippen LogP contribution in [-0.4, -0.2) is 65.5 Å². The second-order valence-corrected chi connectivity index (χ2v) is 11.3. The van der Waals surface area contributed by atoms with E-state index in [1.54, 1.807) is 6.07 Å². The van der Waals surface area contributed by atoms with E-state index in [1.807, 2.05) is 0 Å². The second-order valence-electron chi connectivity index (χ2n) is 9.40. The van der Waals surface area contributed by atoms with Crippen LogP contribution in [0.25, 0.3) is 0 Å². The number of nitrogens with one attached hydrogen (secondary N) is 3. The fourth-order valence-corrected chi connectivity index (χ4v) is 5.62. The number of carbonyl (C=O) groups is 1. The van der Waals surface area contributed by atoms with Gasteiger partial charge in [-0.2, -0.15) is 45.6 Å². The lowest BCUT2D eigenvalue weighted by Gasteiger charge is -2.31. The van der Waals surface area contributed by atoms with Gasteiger partial charge in [-0.15, -0.1) is 0 Å². The predicted octanol–water partition coefficient (Wildman–Crippen LogP) is 4.80. The van der Waals surface area contributed by atoms with Gasteiger partial charge in [-0.05, 0) is 49.2 Å². The highest BCUT2D eigenvalue weighted by Crippen LogP contribution is 2.31. The number of anilines is 4. The average molecular weight is 634 g/mol. The molecule has 3 aromatic rings. The number of hydrogen-bond donors (Lipinski definition) is 3. The van der Waals surface area contributed by atoms with E-state index in [0.29, 0.717) is 5.69 Å². The van der Waals surface area contributed by atoms with Crippen molar-refractivity contribution in [2.45, 2.75) is 43.1 Å². The molecule has 4 rings (SSSR count). The number of piperidine rings is 1. The van der Waals surface area contributed by atoms with Crippen molar-refractivity contribution in [1.82, 2.24) is 19.3 Å². The Kier molecular flexibility index (Phi) is 9.29. The van der Waals surface area contributed by atoms with Crippen molar-refractivity contribution in [2.75, 3.05) is 35.6 Å². The predicted molar refractivity (Wildman–Crippen MR) is 142 cm³/mol. The van der Waals surface area contributed by atoms with Crippen molar-refractivity contribution < 1.29 is 44.3 Å². The molecule has 1 aliphatic heterocycles. The Morgan fingerprint density at radius 2 is 1.60 bits per heavy atom. The average Bonchev–Trinajstić information content (AvgIpc) is 2.91. The number of aromatic nitrogens is 3. The molecule has 11 nitrogen and oxygen atoms in total. The molecule has 1 saturated heterocycles. The highest BCUT2D eigenvalue weighted by atomic mass is 32.2. The van der Waals surface area contributed by atoms with Crippen LogP contribution in [0, 0.1) is 0 Å². The summed E-state index contributed by atoms with van der Waals surface area (Å²) in [4.78, 5) is 22.9. The van der Waals surface area contributed by atoms with Gasteiger partial charge in [0, 0.05) is 37.4 Å². The van der Waals surface area contributed by atoms with Gasteiger partial charge in [-0.3, -0.25) is 4.79 Å². The Morgan fingerprint density at radius 1 is 0.953 bits per heavy atom. The molecule has 0 saturated carbocycles. The van der Waals surface area contributed by atoms with Crippen LogP contribution in [0.4, 0.5) is 49.6 Å². The number of carbonyl (C=O) groups excluding carboxylic acids is 1. The first kappa shape index (κ1) is 31.7. The van der Waals surface area contributed by atoms with Crippen LogP contribution in [-0.2, 0) is 21.0 Å². The van der Waals surface area contributed by atoms with Gasteiger partial charge in [0.1, 0.15) is 0 Å². The summed E-state index contributed by atoms with van der Waals surface area (Å²) in [6, 6.07) is 8.66. The first-order valence-electron chi connectivity index (χ1n) is 12.6. The highest BCUT2D eigenvalue weighted by molar-refractivity contribution is 7.89. The molecule has 0 unspecified atom stereocenters. The summed E-state index contributed by atoms with van der Waals surface area (Å²) in [7, 11) is -3.90. The van der Waals surface area contributed by atoms with Gasteiger partial charge in [-0.25, -0.2) is 8.42 Å². The van der Waals surface area contributed by atoms with E-state index in [2.05, 4.69) is 35.6 Å². The minimum absolute atomic E-state index is 0.0145. The van der Waals surface area contributed by atoms with Crippen LogP contribution in [0.1, 0.15) is 25.3 Å². The Labute approximate surface area is 241 Å². The van der Waals surface area contributed by atoms with Crippen LogP contribution in [0.15, 0.2) is 53.4 Å². The first-order chi connectivity index (χ1) is 20.1. The van der Waals surface area contributed by atoms with Gasteiger partial charge in [0.15, 0.2) is 6.61 Å². The number of sulfonamides is 1. The van der Waals surface area contributed by atoms with E-state index >= 15 is 0 Å². The molecule has 232 valence electrons. The normalized spacial score (nSPS) is 15.1. The van der Waals surface area contributed by atoms with Crippen molar-refractivity contribution in [3.63, 3.8) is 0 Å². The number of benzene rings is 2. The van der Waals surface area contributed by atoms with Crippen LogP contribution in [0.5, 0.6) is 6.01 Å². The number of ether oxygens (including phenoxy) is 1. The molecule has 0 atom stereocenters. The van der Waals surface area contributed by atoms with Gasteiger partial charge < -0.3 is 20.7 Å². The molecule has 18 heteroatoms. The second kappa shape index (κ2) is 12.6. The van der Waals surface area contributed by atoms with Crippen molar-refractivity contribution >= 4 is 39.2 Å². The third-order valence-corrected chi connectivity index (χ3v) is 7.90. The summed E-state index contributed by atoms with van der Waals surface area (Å²) < 4.78 is 110. The number of amides is 1. The van der Waals surface area contributed by atoms with E-state index in [-0.39, 0.29) is 54.3 Å². The zero-order chi connectivity index (χ0) is 31.4. The van der Waals surface area contributed by atoms with Crippen molar-refractivity contribution in [3.8, 4) is 6.01 Å². The molecular weight excluding hydrogens is 608 g/mol. The Balaban J connectivity index is 1.48. The summed E-state index contributed by atoms with van der Waals surface area (Å²) in [5.41, 5.74) is -0.741. The smallest absolute Gasteiger partial charge is 0.422 e. The third-order valence-electron chi connectivity index (χ3n) is 6.01. The molecule has 1 amide bonds. The lowest BCUT2D eigenvalue weighted by atomic mass is 10.1. The fourth-order valence-electron chi connectivity index (χ4n) is 4.10. The molecule has 3 N–H and O–H groups in total. The maximum absolute atomic E-state index is 13.2. The number of rotatable bonds is 9. The summed E-state index contributed by atoms with van der Waals surface area (Å²) >= 11 is 0. The minimum Gasteiger partial charge on any atom is -0.454 e. The largest absolute Gasteiger partial charge is 0.454 e. The quantitative estimate of drug-likeness (QED) is 0.284. The maximum Gasteiger partial charge on any atom is 0.422 e. The Hall–Kier alpha value is -4.19. The molecule has 0 spiro atoms. The van der Waals surface area contributed by atoms with E-state index in [0.717, 1.165) is 18.2 Å². The lowest BCUT2D eigenvalue weighted by molar-refractivity contribution is -0.154. The molecule has 0 radical (unpaired) electrons.